The summed E-state index contributed by atoms with van der Waals surface area (Å²) in [5.41, 5.74) is 0.958. The van der Waals surface area contributed by atoms with E-state index < -0.39 is 0 Å². The number of imidazole rings is 1. The Balaban J connectivity index is 1.34. The molecule has 4 rings (SSSR count). The Morgan fingerprint density at radius 3 is 2.37 bits per heavy atom. The van der Waals surface area contributed by atoms with Crippen molar-refractivity contribution < 1.29 is 4.74 Å². The van der Waals surface area contributed by atoms with Crippen LogP contribution in [0.3, 0.4) is 0 Å². The molecule has 0 amide bonds. The summed E-state index contributed by atoms with van der Waals surface area (Å²) in [5.74, 6) is 0.901. The van der Waals surface area contributed by atoms with Crippen LogP contribution in [-0.4, -0.2) is 53.4 Å². The maximum absolute atomic E-state index is 13.0. The fourth-order valence-electron chi connectivity index (χ4n) is 4.80. The molecule has 2 fully saturated rings. The highest BCUT2D eigenvalue weighted by atomic mass is 16.5. The molecule has 1 aromatic heterocycles. The van der Waals surface area contributed by atoms with Crippen molar-refractivity contribution in [1.29, 1.82) is 0 Å². The summed E-state index contributed by atoms with van der Waals surface area (Å²) in [5, 5.41) is 3.66. The van der Waals surface area contributed by atoms with Gasteiger partial charge in [-0.15, -0.1) is 0 Å². The number of ether oxygens (including phenoxy) is 1. The maximum atomic E-state index is 13.0. The average molecular weight is 413 g/mol. The Labute approximate surface area is 179 Å². The summed E-state index contributed by atoms with van der Waals surface area (Å²) in [7, 11) is 4.21. The number of likely N-dealkylation sites (N-methyl/N-ethyl adjacent to an activating group) is 1. The van der Waals surface area contributed by atoms with Crippen LogP contribution in [0.1, 0.15) is 57.4 Å². The third-order valence-corrected chi connectivity index (χ3v) is 6.61. The lowest BCUT2D eigenvalue weighted by Gasteiger charge is -2.30. The predicted molar refractivity (Wildman–Crippen MR) is 121 cm³/mol. The van der Waals surface area contributed by atoms with E-state index in [1.807, 2.05) is 41.2 Å². The van der Waals surface area contributed by atoms with Gasteiger partial charge in [0.1, 0.15) is 5.75 Å². The third kappa shape index (κ3) is 5.16. The van der Waals surface area contributed by atoms with Gasteiger partial charge in [-0.2, -0.15) is 0 Å². The fourth-order valence-corrected chi connectivity index (χ4v) is 4.80. The molecule has 0 bridgehead atoms. The van der Waals surface area contributed by atoms with Gasteiger partial charge in [0.2, 0.25) is 0 Å². The second kappa shape index (κ2) is 9.84. The van der Waals surface area contributed by atoms with Crippen LogP contribution in [-0.2, 0) is 0 Å². The molecule has 2 aromatic rings. The van der Waals surface area contributed by atoms with Crippen molar-refractivity contribution in [3.63, 3.8) is 0 Å². The third-order valence-electron chi connectivity index (χ3n) is 6.61. The molecule has 164 valence electrons. The van der Waals surface area contributed by atoms with E-state index in [1.54, 1.807) is 4.57 Å². The fraction of sp³-hybridized carbons (Fsp3) is 0.625. The van der Waals surface area contributed by atoms with E-state index in [-0.39, 0.29) is 5.69 Å². The second-order valence-electron chi connectivity index (χ2n) is 9.14. The Kier molecular flexibility index (Phi) is 6.95. The van der Waals surface area contributed by atoms with E-state index in [4.69, 9.17) is 4.74 Å². The standard InChI is InChI=1S/C24H36N4O2/c1-26(2)16-15-25-19-7-9-20(10-8-19)27-17-18-28(24(27)29)21-11-13-23(14-12-21)30-22-5-3-4-6-22/h11-14,17-20,22,25H,3-10,15-16H2,1-2H3. The molecule has 0 saturated heterocycles. The molecule has 0 spiro atoms. The molecular weight excluding hydrogens is 376 g/mol. The number of aromatic nitrogens is 2. The van der Waals surface area contributed by atoms with Gasteiger partial charge in [-0.3, -0.25) is 9.13 Å². The lowest BCUT2D eigenvalue weighted by molar-refractivity contribution is 0.210. The van der Waals surface area contributed by atoms with Crippen molar-refractivity contribution in [3.8, 4) is 11.4 Å². The molecule has 6 heteroatoms. The Hall–Kier alpha value is -2.05. The zero-order chi connectivity index (χ0) is 20.9. The topological polar surface area (TPSA) is 51.4 Å². The number of hydrogen-bond acceptors (Lipinski definition) is 4. The molecule has 0 radical (unpaired) electrons. The first-order valence-corrected chi connectivity index (χ1v) is 11.5. The van der Waals surface area contributed by atoms with Crippen molar-refractivity contribution in [3.05, 3.63) is 47.1 Å². The van der Waals surface area contributed by atoms with Gasteiger partial charge in [0.15, 0.2) is 0 Å². The number of nitrogens with one attached hydrogen (secondary N) is 1. The molecule has 30 heavy (non-hydrogen) atoms. The van der Waals surface area contributed by atoms with Gasteiger partial charge in [-0.1, -0.05) is 0 Å². The maximum Gasteiger partial charge on any atom is 0.332 e. The highest BCUT2D eigenvalue weighted by molar-refractivity contribution is 5.37. The van der Waals surface area contributed by atoms with E-state index in [0.29, 0.717) is 18.2 Å². The monoisotopic (exact) mass is 412 g/mol. The van der Waals surface area contributed by atoms with E-state index in [9.17, 15) is 4.79 Å². The number of rotatable bonds is 8. The molecule has 6 nitrogen and oxygen atoms in total. The van der Waals surface area contributed by atoms with Crippen molar-refractivity contribution in [2.24, 2.45) is 0 Å². The summed E-state index contributed by atoms with van der Waals surface area (Å²) < 4.78 is 9.73. The number of hydrogen-bond donors (Lipinski definition) is 1. The van der Waals surface area contributed by atoms with Gasteiger partial charge in [0.05, 0.1) is 11.8 Å². The molecule has 1 heterocycles. The van der Waals surface area contributed by atoms with E-state index >= 15 is 0 Å². The van der Waals surface area contributed by atoms with Crippen LogP contribution in [0.25, 0.3) is 5.69 Å². The highest BCUT2D eigenvalue weighted by Crippen LogP contribution is 2.28. The minimum Gasteiger partial charge on any atom is -0.490 e. The molecule has 2 saturated carbocycles. The SMILES string of the molecule is CN(C)CCNC1CCC(n2ccn(-c3ccc(OC4CCCC4)cc3)c2=O)CC1. The zero-order valence-corrected chi connectivity index (χ0v) is 18.4. The summed E-state index contributed by atoms with van der Waals surface area (Å²) in [6, 6.07) is 8.83. The Morgan fingerprint density at radius 2 is 1.70 bits per heavy atom. The van der Waals surface area contributed by atoms with Crippen molar-refractivity contribution in [2.75, 3.05) is 27.2 Å². The largest absolute Gasteiger partial charge is 0.490 e. The van der Waals surface area contributed by atoms with Crippen LogP contribution < -0.4 is 15.7 Å². The lowest BCUT2D eigenvalue weighted by atomic mass is 9.91. The van der Waals surface area contributed by atoms with Crippen LogP contribution in [0.5, 0.6) is 5.75 Å². The van der Waals surface area contributed by atoms with Crippen LogP contribution in [0.2, 0.25) is 0 Å². The first-order valence-electron chi connectivity index (χ1n) is 11.5. The van der Waals surface area contributed by atoms with E-state index in [2.05, 4.69) is 24.3 Å². The van der Waals surface area contributed by atoms with Gasteiger partial charge in [0.25, 0.3) is 0 Å². The molecule has 1 N–H and O–H groups in total. The molecule has 2 aliphatic rings. The van der Waals surface area contributed by atoms with Crippen LogP contribution in [0.4, 0.5) is 0 Å². The Morgan fingerprint density at radius 1 is 1.00 bits per heavy atom. The van der Waals surface area contributed by atoms with Gasteiger partial charge in [-0.05, 0) is 89.7 Å². The van der Waals surface area contributed by atoms with Crippen molar-refractivity contribution >= 4 is 0 Å². The molecule has 0 unspecified atom stereocenters. The summed E-state index contributed by atoms with van der Waals surface area (Å²) in [6.45, 7) is 2.09. The predicted octanol–water partition coefficient (Wildman–Crippen LogP) is 3.60. The smallest absolute Gasteiger partial charge is 0.332 e. The molecular formula is C24H36N4O2. The summed E-state index contributed by atoms with van der Waals surface area (Å²) in [6.07, 6.45) is 13.4. The van der Waals surface area contributed by atoms with Crippen LogP contribution in [0, 0.1) is 0 Å². The highest BCUT2D eigenvalue weighted by Gasteiger charge is 2.24. The second-order valence-corrected chi connectivity index (χ2v) is 9.14. The molecule has 0 aliphatic heterocycles. The van der Waals surface area contributed by atoms with Crippen molar-refractivity contribution in [2.45, 2.75) is 69.6 Å². The first kappa shape index (κ1) is 21.2. The first-order chi connectivity index (χ1) is 14.6. The lowest BCUT2D eigenvalue weighted by Crippen LogP contribution is -2.38. The van der Waals surface area contributed by atoms with E-state index in [1.165, 1.54) is 12.8 Å². The van der Waals surface area contributed by atoms with Gasteiger partial charge in [-0.25, -0.2) is 4.79 Å². The van der Waals surface area contributed by atoms with Gasteiger partial charge >= 0.3 is 5.69 Å². The van der Waals surface area contributed by atoms with Gasteiger partial charge in [0, 0.05) is 37.6 Å². The van der Waals surface area contributed by atoms with Crippen LogP contribution in [0.15, 0.2) is 41.5 Å². The minimum absolute atomic E-state index is 0.0588. The van der Waals surface area contributed by atoms with Crippen LogP contribution >= 0.6 is 0 Å². The molecule has 2 aliphatic carbocycles. The number of benzene rings is 1. The van der Waals surface area contributed by atoms with Crippen molar-refractivity contribution in [1.82, 2.24) is 19.4 Å². The quantitative estimate of drug-likeness (QED) is 0.720. The Bertz CT molecular complexity index is 841. The van der Waals surface area contributed by atoms with Gasteiger partial charge < -0.3 is 15.0 Å². The minimum atomic E-state index is 0.0588. The average Bonchev–Trinajstić information content (AvgIpc) is 3.39. The van der Waals surface area contributed by atoms with E-state index in [0.717, 1.165) is 63.1 Å². The zero-order valence-electron chi connectivity index (χ0n) is 18.4. The molecule has 0 atom stereocenters. The summed E-state index contributed by atoms with van der Waals surface area (Å²) in [4.78, 5) is 15.2. The normalized spacial score (nSPS) is 22.6. The number of nitrogens with zero attached hydrogens (tertiary/aromatic N) is 3. The summed E-state index contributed by atoms with van der Waals surface area (Å²) >= 11 is 0. The molecule has 1 aromatic carbocycles.